The molecule has 1 fully saturated rings. The zero-order chi connectivity index (χ0) is 23.8. The highest BCUT2D eigenvalue weighted by Crippen LogP contribution is 2.21. The van der Waals surface area contributed by atoms with Crippen LogP contribution in [-0.2, 0) is 31.3 Å². The summed E-state index contributed by atoms with van der Waals surface area (Å²) in [5.74, 6) is -0.638. The average Bonchev–Trinajstić information content (AvgIpc) is 2.82. The minimum atomic E-state index is -3.63. The molecule has 1 aliphatic heterocycles. The molecular formula is C23H28N2O6S2. The van der Waals surface area contributed by atoms with E-state index in [9.17, 15) is 22.2 Å². The summed E-state index contributed by atoms with van der Waals surface area (Å²) < 4.78 is 43.7. The van der Waals surface area contributed by atoms with Crippen LogP contribution in [0.3, 0.4) is 0 Å². The Morgan fingerprint density at radius 2 is 1.73 bits per heavy atom. The van der Waals surface area contributed by atoms with Crippen LogP contribution in [-0.4, -0.2) is 61.3 Å². The van der Waals surface area contributed by atoms with Crippen molar-refractivity contribution in [2.45, 2.75) is 29.9 Å². The summed E-state index contributed by atoms with van der Waals surface area (Å²) in [5, 5.41) is 2.64. The predicted octanol–water partition coefficient (Wildman–Crippen LogP) is 2.33. The number of rotatable bonds is 9. The number of sulfonamides is 1. The molecule has 0 saturated carbocycles. The van der Waals surface area contributed by atoms with Gasteiger partial charge in [0.2, 0.25) is 10.0 Å². The van der Waals surface area contributed by atoms with Gasteiger partial charge in [0, 0.05) is 41.5 Å². The molecule has 178 valence electrons. The number of ether oxygens (including phenoxy) is 1. The minimum absolute atomic E-state index is 0.0414. The van der Waals surface area contributed by atoms with E-state index in [1.54, 1.807) is 42.7 Å². The van der Waals surface area contributed by atoms with E-state index in [2.05, 4.69) is 5.32 Å². The first-order valence-electron chi connectivity index (χ1n) is 10.7. The van der Waals surface area contributed by atoms with E-state index in [4.69, 9.17) is 4.74 Å². The third-order valence-corrected chi connectivity index (χ3v) is 7.84. The van der Waals surface area contributed by atoms with E-state index in [1.807, 2.05) is 0 Å². The highest BCUT2D eigenvalue weighted by atomic mass is 32.2. The Kier molecular flexibility index (Phi) is 8.76. The van der Waals surface area contributed by atoms with Crippen LogP contribution in [0.4, 0.5) is 0 Å². The molecule has 0 radical (unpaired) electrons. The van der Waals surface area contributed by atoms with Crippen LogP contribution in [0.25, 0.3) is 0 Å². The molecule has 3 rings (SSSR count). The Balaban J connectivity index is 1.52. The van der Waals surface area contributed by atoms with Crippen molar-refractivity contribution in [2.24, 2.45) is 0 Å². The average molecular weight is 493 g/mol. The molecule has 0 aromatic heterocycles. The standard InChI is InChI=1S/C23H28N2O6S2/c1-32(28)17-18-7-5-9-20(15-18)23(27)31-14-11-24-22(26)19-8-6-10-21(16-19)33(29,30)25-12-3-2-4-13-25/h5-10,15-16H,2-4,11-14,17H2,1H3,(H,24,26). The summed E-state index contributed by atoms with van der Waals surface area (Å²) >= 11 is 0. The summed E-state index contributed by atoms with van der Waals surface area (Å²) in [5.41, 5.74) is 1.34. The van der Waals surface area contributed by atoms with Crippen molar-refractivity contribution in [3.05, 3.63) is 65.2 Å². The third-order valence-electron chi connectivity index (χ3n) is 5.20. The van der Waals surface area contributed by atoms with Crippen molar-refractivity contribution in [3.8, 4) is 0 Å². The van der Waals surface area contributed by atoms with Crippen molar-refractivity contribution in [2.75, 3.05) is 32.5 Å². The summed E-state index contributed by atoms with van der Waals surface area (Å²) in [4.78, 5) is 24.8. The molecule has 1 amide bonds. The van der Waals surface area contributed by atoms with Crippen LogP contribution in [0.2, 0.25) is 0 Å². The van der Waals surface area contributed by atoms with Crippen LogP contribution >= 0.6 is 0 Å². The molecule has 10 heteroatoms. The van der Waals surface area contributed by atoms with Gasteiger partial charge in [-0.15, -0.1) is 0 Å². The minimum Gasteiger partial charge on any atom is -0.460 e. The van der Waals surface area contributed by atoms with Gasteiger partial charge in [0.15, 0.2) is 0 Å². The van der Waals surface area contributed by atoms with Gasteiger partial charge in [0.05, 0.1) is 17.0 Å². The fourth-order valence-electron chi connectivity index (χ4n) is 3.57. The van der Waals surface area contributed by atoms with E-state index in [-0.39, 0.29) is 23.6 Å². The van der Waals surface area contributed by atoms with Gasteiger partial charge in [-0.3, -0.25) is 9.00 Å². The molecule has 33 heavy (non-hydrogen) atoms. The first-order chi connectivity index (χ1) is 15.8. The van der Waals surface area contributed by atoms with E-state index in [1.165, 1.54) is 16.4 Å². The number of carbonyl (C=O) groups excluding carboxylic acids is 2. The van der Waals surface area contributed by atoms with E-state index in [0.29, 0.717) is 24.4 Å². The highest BCUT2D eigenvalue weighted by molar-refractivity contribution is 7.89. The first kappa shape index (κ1) is 25.1. The second-order valence-electron chi connectivity index (χ2n) is 7.80. The van der Waals surface area contributed by atoms with Crippen LogP contribution in [0.5, 0.6) is 0 Å². The largest absolute Gasteiger partial charge is 0.460 e. The van der Waals surface area contributed by atoms with Gasteiger partial charge in [-0.25, -0.2) is 13.2 Å². The van der Waals surface area contributed by atoms with Crippen molar-refractivity contribution >= 4 is 32.7 Å². The molecule has 8 nitrogen and oxygen atoms in total. The Bertz CT molecular complexity index is 1130. The molecule has 1 N–H and O–H groups in total. The number of benzene rings is 2. The molecule has 1 atom stereocenters. The summed E-state index contributed by atoms with van der Waals surface area (Å²) in [6.07, 6.45) is 4.28. The maximum Gasteiger partial charge on any atom is 0.338 e. The van der Waals surface area contributed by atoms with Crippen molar-refractivity contribution in [3.63, 3.8) is 0 Å². The van der Waals surface area contributed by atoms with Crippen LogP contribution in [0.15, 0.2) is 53.4 Å². The molecule has 1 heterocycles. The molecule has 0 spiro atoms. The first-order valence-corrected chi connectivity index (χ1v) is 13.9. The van der Waals surface area contributed by atoms with Gasteiger partial charge in [-0.05, 0) is 48.7 Å². The molecule has 2 aromatic carbocycles. The van der Waals surface area contributed by atoms with Gasteiger partial charge in [0.25, 0.3) is 5.91 Å². The number of nitrogens with zero attached hydrogens (tertiary/aromatic N) is 1. The van der Waals surface area contributed by atoms with Gasteiger partial charge >= 0.3 is 5.97 Å². The van der Waals surface area contributed by atoms with Crippen LogP contribution < -0.4 is 5.32 Å². The second-order valence-corrected chi connectivity index (χ2v) is 11.2. The number of esters is 1. The quantitative estimate of drug-likeness (QED) is 0.425. The third kappa shape index (κ3) is 6.96. The summed E-state index contributed by atoms with van der Waals surface area (Å²) in [7, 11) is -4.65. The number of hydrogen-bond donors (Lipinski definition) is 1. The summed E-state index contributed by atoms with van der Waals surface area (Å²) in [6, 6.07) is 12.7. The molecule has 1 aliphatic rings. The van der Waals surface area contributed by atoms with Gasteiger partial charge < -0.3 is 10.1 Å². The molecule has 0 bridgehead atoms. The molecule has 2 aromatic rings. The number of amides is 1. The lowest BCUT2D eigenvalue weighted by molar-refractivity contribution is 0.0503. The van der Waals surface area contributed by atoms with Crippen LogP contribution in [0, 0.1) is 0 Å². The molecule has 0 aliphatic carbocycles. The molecular weight excluding hydrogens is 464 g/mol. The highest BCUT2D eigenvalue weighted by Gasteiger charge is 2.26. The zero-order valence-corrected chi connectivity index (χ0v) is 20.1. The lowest BCUT2D eigenvalue weighted by Gasteiger charge is -2.26. The van der Waals surface area contributed by atoms with Gasteiger partial charge in [0.1, 0.15) is 6.61 Å². The fraction of sp³-hybridized carbons (Fsp3) is 0.391. The number of piperidine rings is 1. The van der Waals surface area contributed by atoms with Crippen molar-refractivity contribution < 1.29 is 27.0 Å². The van der Waals surface area contributed by atoms with Gasteiger partial charge in [-0.2, -0.15) is 4.31 Å². The number of hydrogen-bond acceptors (Lipinski definition) is 6. The normalized spacial score (nSPS) is 15.5. The number of nitrogens with one attached hydrogen (secondary N) is 1. The smallest absolute Gasteiger partial charge is 0.338 e. The Labute approximate surface area is 196 Å². The monoisotopic (exact) mass is 492 g/mol. The molecule has 1 unspecified atom stereocenters. The maximum absolute atomic E-state index is 12.8. The molecule has 1 saturated heterocycles. The topological polar surface area (TPSA) is 110 Å². The SMILES string of the molecule is CS(=O)Cc1cccc(C(=O)OCCNC(=O)c2cccc(S(=O)(=O)N3CCCCC3)c2)c1. The summed E-state index contributed by atoms with van der Waals surface area (Å²) in [6.45, 7) is 1.01. The fourth-order valence-corrected chi connectivity index (χ4v) is 5.78. The maximum atomic E-state index is 12.8. The van der Waals surface area contributed by atoms with E-state index < -0.39 is 32.7 Å². The zero-order valence-electron chi connectivity index (χ0n) is 18.5. The Hall–Kier alpha value is -2.56. The lowest BCUT2D eigenvalue weighted by Crippen LogP contribution is -2.35. The number of carbonyl (C=O) groups is 2. The predicted molar refractivity (Wildman–Crippen MR) is 126 cm³/mol. The second kappa shape index (κ2) is 11.5. The van der Waals surface area contributed by atoms with Gasteiger partial charge in [-0.1, -0.05) is 24.6 Å². The Morgan fingerprint density at radius 1 is 1.03 bits per heavy atom. The Morgan fingerprint density at radius 3 is 2.45 bits per heavy atom. The lowest BCUT2D eigenvalue weighted by atomic mass is 10.1. The van der Waals surface area contributed by atoms with E-state index >= 15 is 0 Å². The van der Waals surface area contributed by atoms with E-state index in [0.717, 1.165) is 24.8 Å². The van der Waals surface area contributed by atoms with Crippen LogP contribution in [0.1, 0.15) is 45.5 Å². The van der Waals surface area contributed by atoms with Crippen molar-refractivity contribution in [1.29, 1.82) is 0 Å². The van der Waals surface area contributed by atoms with Crippen molar-refractivity contribution in [1.82, 2.24) is 9.62 Å².